The van der Waals surface area contributed by atoms with Gasteiger partial charge in [0.05, 0.1) is 6.61 Å². The minimum atomic E-state index is 0.777. The van der Waals surface area contributed by atoms with Gasteiger partial charge in [0.2, 0.25) is 0 Å². The van der Waals surface area contributed by atoms with E-state index in [2.05, 4.69) is 19.2 Å². The van der Waals surface area contributed by atoms with E-state index in [9.17, 15) is 0 Å². The molecule has 2 aliphatic rings. The molecular formula is C15H29NO. The number of nitrogens with one attached hydrogen (secondary N) is 1. The minimum Gasteiger partial charge on any atom is -0.381 e. The van der Waals surface area contributed by atoms with Crippen molar-refractivity contribution in [2.24, 2.45) is 17.8 Å². The van der Waals surface area contributed by atoms with Gasteiger partial charge in [0.25, 0.3) is 0 Å². The van der Waals surface area contributed by atoms with Crippen LogP contribution in [-0.2, 0) is 4.74 Å². The van der Waals surface area contributed by atoms with E-state index < -0.39 is 0 Å². The van der Waals surface area contributed by atoms with Crippen molar-refractivity contribution >= 4 is 0 Å². The minimum absolute atomic E-state index is 0.777. The van der Waals surface area contributed by atoms with Crippen LogP contribution in [0.2, 0.25) is 0 Å². The van der Waals surface area contributed by atoms with Gasteiger partial charge in [-0.25, -0.2) is 0 Å². The predicted octanol–water partition coefficient (Wildman–Crippen LogP) is 3.22. The van der Waals surface area contributed by atoms with Crippen molar-refractivity contribution in [3.63, 3.8) is 0 Å². The number of rotatable bonds is 4. The Morgan fingerprint density at radius 2 is 2.00 bits per heavy atom. The van der Waals surface area contributed by atoms with Gasteiger partial charge in [0, 0.05) is 19.2 Å². The van der Waals surface area contributed by atoms with Crippen molar-refractivity contribution in [1.82, 2.24) is 5.32 Å². The Balaban J connectivity index is 1.67. The van der Waals surface area contributed by atoms with E-state index in [0.29, 0.717) is 0 Å². The molecule has 1 saturated heterocycles. The summed E-state index contributed by atoms with van der Waals surface area (Å²) in [5, 5.41) is 3.78. The lowest BCUT2D eigenvalue weighted by atomic mass is 9.89. The molecule has 2 heteroatoms. The molecule has 0 aromatic rings. The van der Waals surface area contributed by atoms with E-state index in [0.717, 1.165) is 37.0 Å². The van der Waals surface area contributed by atoms with Gasteiger partial charge in [-0.1, -0.05) is 26.7 Å². The predicted molar refractivity (Wildman–Crippen MR) is 72.1 cm³/mol. The quantitative estimate of drug-likeness (QED) is 0.761. The first-order valence-corrected chi connectivity index (χ1v) is 7.57. The summed E-state index contributed by atoms with van der Waals surface area (Å²) >= 11 is 0. The fourth-order valence-electron chi connectivity index (χ4n) is 3.28. The van der Waals surface area contributed by atoms with Crippen LogP contribution in [0.15, 0.2) is 0 Å². The summed E-state index contributed by atoms with van der Waals surface area (Å²) in [5.74, 6) is 2.62. The highest BCUT2D eigenvalue weighted by Gasteiger charge is 2.22. The molecule has 17 heavy (non-hydrogen) atoms. The summed E-state index contributed by atoms with van der Waals surface area (Å²) in [6.07, 6.45) is 8.32. The van der Waals surface area contributed by atoms with Gasteiger partial charge in [-0.15, -0.1) is 0 Å². The fraction of sp³-hybridized carbons (Fsp3) is 1.00. The summed E-state index contributed by atoms with van der Waals surface area (Å²) in [4.78, 5) is 0. The number of ether oxygens (including phenoxy) is 1. The molecule has 1 aliphatic carbocycles. The third kappa shape index (κ3) is 4.26. The van der Waals surface area contributed by atoms with Gasteiger partial charge < -0.3 is 10.1 Å². The largest absolute Gasteiger partial charge is 0.381 e. The maximum atomic E-state index is 5.43. The molecule has 1 N–H and O–H groups in total. The Kier molecular flexibility index (Phi) is 5.30. The Labute approximate surface area is 107 Å². The van der Waals surface area contributed by atoms with Crippen LogP contribution >= 0.6 is 0 Å². The van der Waals surface area contributed by atoms with E-state index in [1.54, 1.807) is 0 Å². The van der Waals surface area contributed by atoms with Gasteiger partial charge in [0.1, 0.15) is 0 Å². The third-order valence-corrected chi connectivity index (χ3v) is 4.68. The average molecular weight is 239 g/mol. The normalized spacial score (nSPS) is 35.1. The number of hydrogen-bond acceptors (Lipinski definition) is 2. The summed E-state index contributed by atoms with van der Waals surface area (Å²) in [6, 6.07) is 0.777. The molecule has 1 saturated carbocycles. The molecule has 0 bridgehead atoms. The first-order chi connectivity index (χ1) is 8.25. The molecule has 0 spiro atoms. The maximum Gasteiger partial charge on any atom is 0.0507 e. The van der Waals surface area contributed by atoms with Crippen LogP contribution in [0.5, 0.6) is 0 Å². The molecule has 2 rings (SSSR count). The molecular weight excluding hydrogens is 210 g/mol. The van der Waals surface area contributed by atoms with Gasteiger partial charge in [0.15, 0.2) is 0 Å². The Morgan fingerprint density at radius 1 is 1.12 bits per heavy atom. The van der Waals surface area contributed by atoms with E-state index in [1.165, 1.54) is 45.1 Å². The topological polar surface area (TPSA) is 21.3 Å². The van der Waals surface area contributed by atoms with Crippen LogP contribution in [0.4, 0.5) is 0 Å². The molecule has 3 atom stereocenters. The van der Waals surface area contributed by atoms with Crippen LogP contribution in [0.3, 0.4) is 0 Å². The second kappa shape index (κ2) is 6.75. The van der Waals surface area contributed by atoms with E-state index in [1.807, 2.05) is 0 Å². The fourth-order valence-corrected chi connectivity index (χ4v) is 3.28. The van der Waals surface area contributed by atoms with Crippen molar-refractivity contribution in [3.05, 3.63) is 0 Å². The van der Waals surface area contributed by atoms with Crippen LogP contribution in [0.25, 0.3) is 0 Å². The first kappa shape index (κ1) is 13.4. The second-order valence-electron chi connectivity index (χ2n) is 6.35. The van der Waals surface area contributed by atoms with Gasteiger partial charge in [-0.05, 0) is 43.4 Å². The van der Waals surface area contributed by atoms with Crippen molar-refractivity contribution in [3.8, 4) is 0 Å². The molecule has 3 unspecified atom stereocenters. The van der Waals surface area contributed by atoms with Crippen molar-refractivity contribution in [2.75, 3.05) is 19.8 Å². The maximum absolute atomic E-state index is 5.43. The SMILES string of the molecule is CC(C)C1CCCC(NCC2CCOC2)CC1. The summed E-state index contributed by atoms with van der Waals surface area (Å²) in [5.41, 5.74) is 0. The summed E-state index contributed by atoms with van der Waals surface area (Å²) in [6.45, 7) is 7.90. The zero-order valence-electron chi connectivity index (χ0n) is 11.6. The molecule has 2 nitrogen and oxygen atoms in total. The van der Waals surface area contributed by atoms with Gasteiger partial charge in [-0.3, -0.25) is 0 Å². The van der Waals surface area contributed by atoms with E-state index in [-0.39, 0.29) is 0 Å². The zero-order valence-corrected chi connectivity index (χ0v) is 11.6. The molecule has 2 fully saturated rings. The standard InChI is InChI=1S/C15H29NO/c1-12(2)14-4-3-5-15(7-6-14)16-10-13-8-9-17-11-13/h12-16H,3-11H2,1-2H3. The van der Waals surface area contributed by atoms with Crippen LogP contribution in [0, 0.1) is 17.8 Å². The molecule has 0 aromatic heterocycles. The van der Waals surface area contributed by atoms with Crippen LogP contribution in [0.1, 0.15) is 52.4 Å². The van der Waals surface area contributed by atoms with Crippen LogP contribution in [-0.4, -0.2) is 25.8 Å². The van der Waals surface area contributed by atoms with E-state index in [4.69, 9.17) is 4.74 Å². The third-order valence-electron chi connectivity index (χ3n) is 4.68. The molecule has 0 amide bonds. The first-order valence-electron chi connectivity index (χ1n) is 7.57. The lowest BCUT2D eigenvalue weighted by Gasteiger charge is -2.20. The molecule has 100 valence electrons. The Morgan fingerprint density at radius 3 is 2.71 bits per heavy atom. The average Bonchev–Trinajstić information content (AvgIpc) is 2.70. The molecule has 1 heterocycles. The highest BCUT2D eigenvalue weighted by atomic mass is 16.5. The molecule has 0 radical (unpaired) electrons. The lowest BCUT2D eigenvalue weighted by Crippen LogP contribution is -2.33. The van der Waals surface area contributed by atoms with Gasteiger partial charge in [-0.2, -0.15) is 0 Å². The van der Waals surface area contributed by atoms with Crippen molar-refractivity contribution < 1.29 is 4.74 Å². The van der Waals surface area contributed by atoms with E-state index >= 15 is 0 Å². The summed E-state index contributed by atoms with van der Waals surface area (Å²) < 4.78 is 5.43. The lowest BCUT2D eigenvalue weighted by molar-refractivity contribution is 0.184. The van der Waals surface area contributed by atoms with Crippen molar-refractivity contribution in [2.45, 2.75) is 58.4 Å². The second-order valence-corrected chi connectivity index (χ2v) is 6.35. The highest BCUT2D eigenvalue weighted by Crippen LogP contribution is 2.28. The Bertz CT molecular complexity index is 211. The number of hydrogen-bond donors (Lipinski definition) is 1. The van der Waals surface area contributed by atoms with Crippen LogP contribution < -0.4 is 5.32 Å². The Hall–Kier alpha value is -0.0800. The van der Waals surface area contributed by atoms with Gasteiger partial charge >= 0.3 is 0 Å². The smallest absolute Gasteiger partial charge is 0.0507 e. The van der Waals surface area contributed by atoms with Crippen molar-refractivity contribution in [1.29, 1.82) is 0 Å². The monoisotopic (exact) mass is 239 g/mol. The molecule has 0 aromatic carbocycles. The zero-order chi connectivity index (χ0) is 12.1. The highest BCUT2D eigenvalue weighted by molar-refractivity contribution is 4.78. The summed E-state index contributed by atoms with van der Waals surface area (Å²) in [7, 11) is 0. The molecule has 1 aliphatic heterocycles.